The van der Waals surface area contributed by atoms with E-state index in [-0.39, 0.29) is 11.4 Å². The number of carbonyl (C=O) groups excluding carboxylic acids is 1. The average molecular weight is 386 g/mol. The van der Waals surface area contributed by atoms with Crippen LogP contribution in [0.3, 0.4) is 0 Å². The molecule has 0 aliphatic carbocycles. The first kappa shape index (κ1) is 19.1. The van der Waals surface area contributed by atoms with Gasteiger partial charge in [0, 0.05) is 34.4 Å². The van der Waals surface area contributed by atoms with E-state index in [1.165, 1.54) is 12.3 Å². The van der Waals surface area contributed by atoms with Gasteiger partial charge in [0.25, 0.3) is 5.91 Å². The molecule has 1 aliphatic rings. The minimum absolute atomic E-state index is 0.189. The molecule has 6 heteroatoms. The van der Waals surface area contributed by atoms with Crippen LogP contribution in [-0.4, -0.2) is 24.7 Å². The fourth-order valence-electron chi connectivity index (χ4n) is 3.11. The molecule has 0 saturated carbocycles. The van der Waals surface area contributed by atoms with E-state index < -0.39 is 5.82 Å². The van der Waals surface area contributed by atoms with Crippen LogP contribution in [0.15, 0.2) is 47.6 Å². The van der Waals surface area contributed by atoms with Gasteiger partial charge in [-0.3, -0.25) is 4.79 Å². The molecule has 3 rings (SSSR count). The van der Waals surface area contributed by atoms with E-state index in [2.05, 4.69) is 30.5 Å². The lowest BCUT2D eigenvalue weighted by Gasteiger charge is -2.40. The van der Waals surface area contributed by atoms with E-state index in [9.17, 15) is 9.18 Å². The van der Waals surface area contributed by atoms with Crippen molar-refractivity contribution in [3.05, 3.63) is 70.0 Å². The summed E-state index contributed by atoms with van der Waals surface area (Å²) in [6.45, 7) is 6.17. The Morgan fingerprint density at radius 1 is 1.26 bits per heavy atom. The first-order valence-corrected chi connectivity index (χ1v) is 8.93. The second-order valence-electron chi connectivity index (χ2n) is 7.14. The van der Waals surface area contributed by atoms with Crippen molar-refractivity contribution in [1.82, 2.24) is 5.43 Å². The molecule has 0 unspecified atom stereocenters. The van der Waals surface area contributed by atoms with Gasteiger partial charge in [0.1, 0.15) is 5.82 Å². The predicted molar refractivity (Wildman–Crippen MR) is 109 cm³/mol. The van der Waals surface area contributed by atoms with Gasteiger partial charge in [0.2, 0.25) is 0 Å². The van der Waals surface area contributed by atoms with Gasteiger partial charge in [0.05, 0.1) is 11.8 Å². The van der Waals surface area contributed by atoms with Crippen LogP contribution in [0.1, 0.15) is 42.3 Å². The highest BCUT2D eigenvalue weighted by Gasteiger charge is 2.29. The molecule has 1 N–H and O–H groups in total. The van der Waals surface area contributed by atoms with E-state index in [1.807, 2.05) is 18.9 Å². The van der Waals surface area contributed by atoms with E-state index in [4.69, 9.17) is 11.6 Å². The quantitative estimate of drug-likeness (QED) is 0.604. The molecule has 0 bridgehead atoms. The monoisotopic (exact) mass is 385 g/mol. The number of halogens is 2. The Morgan fingerprint density at radius 2 is 1.93 bits per heavy atom. The largest absolute Gasteiger partial charge is 0.365 e. The minimum Gasteiger partial charge on any atom is -0.365 e. The van der Waals surface area contributed by atoms with Gasteiger partial charge in [-0.05, 0) is 62.7 Å². The van der Waals surface area contributed by atoms with Crippen LogP contribution in [0.2, 0.25) is 5.02 Å². The van der Waals surface area contributed by atoms with Crippen LogP contribution in [0.5, 0.6) is 0 Å². The summed E-state index contributed by atoms with van der Waals surface area (Å²) < 4.78 is 14.6. The molecule has 1 amide bonds. The molecule has 1 heterocycles. The summed E-state index contributed by atoms with van der Waals surface area (Å²) in [4.78, 5) is 14.1. The van der Waals surface area contributed by atoms with E-state index in [1.54, 1.807) is 30.3 Å². The van der Waals surface area contributed by atoms with Gasteiger partial charge in [-0.1, -0.05) is 17.7 Å². The van der Waals surface area contributed by atoms with Crippen molar-refractivity contribution in [3.8, 4) is 0 Å². The average Bonchev–Trinajstić information content (AvgIpc) is 2.61. The molecule has 0 aromatic heterocycles. The van der Waals surface area contributed by atoms with Gasteiger partial charge >= 0.3 is 0 Å². The highest BCUT2D eigenvalue weighted by Crippen LogP contribution is 2.38. The Morgan fingerprint density at radius 3 is 2.59 bits per heavy atom. The zero-order valence-electron chi connectivity index (χ0n) is 15.7. The lowest BCUT2D eigenvalue weighted by Crippen LogP contribution is -2.42. The first-order valence-electron chi connectivity index (χ1n) is 8.55. The number of nitrogens with one attached hydrogen (secondary N) is 1. The van der Waals surface area contributed by atoms with Crippen molar-refractivity contribution < 1.29 is 9.18 Å². The Labute approximate surface area is 163 Å². The predicted octanol–water partition coefficient (Wildman–Crippen LogP) is 4.87. The number of hydrazone groups is 1. The Bertz CT molecular complexity index is 949. The lowest BCUT2D eigenvalue weighted by atomic mass is 9.88. The molecule has 4 nitrogen and oxygen atoms in total. The fourth-order valence-corrected chi connectivity index (χ4v) is 3.24. The van der Waals surface area contributed by atoms with Crippen molar-refractivity contribution in [2.45, 2.75) is 26.3 Å². The van der Waals surface area contributed by atoms with E-state index >= 15 is 0 Å². The van der Waals surface area contributed by atoms with Crippen LogP contribution < -0.4 is 10.3 Å². The maximum absolute atomic E-state index is 14.6. The fraction of sp³-hybridized carbons (Fsp3) is 0.238. The highest BCUT2D eigenvalue weighted by molar-refractivity contribution is 6.30. The number of nitrogens with zero attached hydrogens (tertiary/aromatic N) is 2. The topological polar surface area (TPSA) is 44.7 Å². The molecule has 2 aromatic rings. The highest BCUT2D eigenvalue weighted by atomic mass is 35.5. The maximum Gasteiger partial charge on any atom is 0.271 e. The second kappa shape index (κ2) is 7.16. The van der Waals surface area contributed by atoms with E-state index in [0.717, 1.165) is 16.8 Å². The van der Waals surface area contributed by atoms with Crippen molar-refractivity contribution in [3.63, 3.8) is 0 Å². The van der Waals surface area contributed by atoms with Crippen molar-refractivity contribution in [2.75, 3.05) is 11.9 Å². The molecule has 0 radical (unpaired) electrons. The Balaban J connectivity index is 1.82. The number of rotatable bonds is 3. The molecule has 0 saturated heterocycles. The van der Waals surface area contributed by atoms with Gasteiger partial charge in [-0.2, -0.15) is 5.10 Å². The Hall–Kier alpha value is -2.66. The van der Waals surface area contributed by atoms with Crippen LogP contribution in [0.25, 0.3) is 5.57 Å². The molecule has 2 aromatic carbocycles. The number of amides is 1. The third-order valence-electron chi connectivity index (χ3n) is 4.81. The number of allylic oxidation sites excluding steroid dienone is 1. The first-order chi connectivity index (χ1) is 12.7. The standard InChI is InChI=1S/C21H21ClFN3O/c1-13-11-21(2,3)26(4)19-10-18(23)15(9-17(13)19)12-24-25-20(27)14-5-7-16(22)8-6-14/h5-12H,1-4H3,(H,25,27)/b24-12-. The van der Waals surface area contributed by atoms with Crippen molar-refractivity contribution >= 4 is 35.0 Å². The van der Waals surface area contributed by atoms with Gasteiger partial charge < -0.3 is 4.90 Å². The molecule has 27 heavy (non-hydrogen) atoms. The maximum atomic E-state index is 14.6. The zero-order valence-corrected chi connectivity index (χ0v) is 16.4. The van der Waals surface area contributed by atoms with E-state index in [0.29, 0.717) is 16.1 Å². The number of fused-ring (bicyclic) bond motifs is 1. The number of hydrogen-bond acceptors (Lipinski definition) is 3. The molecule has 1 aliphatic heterocycles. The second-order valence-corrected chi connectivity index (χ2v) is 7.57. The molecule has 0 fully saturated rings. The zero-order chi connectivity index (χ0) is 19.8. The summed E-state index contributed by atoms with van der Waals surface area (Å²) in [7, 11) is 1.95. The molecular formula is C21H21ClFN3O. The SMILES string of the molecule is CC1=CC(C)(C)N(C)c2cc(F)c(/C=N\NC(=O)c3ccc(Cl)cc3)cc21. The van der Waals surface area contributed by atoms with Gasteiger partial charge in [-0.25, -0.2) is 9.82 Å². The van der Waals surface area contributed by atoms with Crippen molar-refractivity contribution in [2.24, 2.45) is 5.10 Å². The van der Waals surface area contributed by atoms with Crippen LogP contribution in [0.4, 0.5) is 10.1 Å². The van der Waals surface area contributed by atoms with Crippen molar-refractivity contribution in [1.29, 1.82) is 0 Å². The number of anilines is 1. The molecule has 0 atom stereocenters. The smallest absolute Gasteiger partial charge is 0.271 e. The minimum atomic E-state index is -0.393. The molecule has 0 spiro atoms. The van der Waals surface area contributed by atoms with Crippen LogP contribution in [0, 0.1) is 5.82 Å². The number of carbonyl (C=O) groups is 1. The number of hydrogen-bond donors (Lipinski definition) is 1. The molecule has 140 valence electrons. The molecular weight excluding hydrogens is 365 g/mol. The Kier molecular flexibility index (Phi) is 5.07. The van der Waals surface area contributed by atoms with Gasteiger partial charge in [0.15, 0.2) is 0 Å². The summed E-state index contributed by atoms with van der Waals surface area (Å²) >= 11 is 5.80. The van der Waals surface area contributed by atoms with Crippen LogP contribution in [-0.2, 0) is 0 Å². The third-order valence-corrected chi connectivity index (χ3v) is 5.06. The summed E-state index contributed by atoms with van der Waals surface area (Å²) in [5.74, 6) is -0.783. The number of benzene rings is 2. The summed E-state index contributed by atoms with van der Waals surface area (Å²) in [6, 6.07) is 9.69. The normalized spacial score (nSPS) is 15.5. The lowest BCUT2D eigenvalue weighted by molar-refractivity contribution is 0.0955. The summed E-state index contributed by atoms with van der Waals surface area (Å²) in [5, 5.41) is 4.44. The third kappa shape index (κ3) is 3.88. The summed E-state index contributed by atoms with van der Waals surface area (Å²) in [6.07, 6.45) is 3.47. The van der Waals surface area contributed by atoms with Gasteiger partial charge in [-0.15, -0.1) is 0 Å². The van der Waals surface area contributed by atoms with Crippen LogP contribution >= 0.6 is 11.6 Å². The number of likely N-dealkylation sites (N-methyl/N-ethyl adjacent to an activating group) is 1. The summed E-state index contributed by atoms with van der Waals surface area (Å²) in [5.41, 5.74) is 5.80.